The fourth-order valence-electron chi connectivity index (χ4n) is 3.05. The summed E-state index contributed by atoms with van der Waals surface area (Å²) in [4.78, 5) is 2.58. The van der Waals surface area contributed by atoms with Gasteiger partial charge in [0.05, 0.1) is 0 Å². The van der Waals surface area contributed by atoms with Crippen molar-refractivity contribution in [2.75, 3.05) is 13.1 Å². The van der Waals surface area contributed by atoms with Crippen LogP contribution in [-0.4, -0.2) is 24.0 Å². The van der Waals surface area contributed by atoms with Crippen LogP contribution in [0.5, 0.6) is 0 Å². The normalized spacial score (nSPS) is 22.9. The van der Waals surface area contributed by atoms with Crippen LogP contribution < -0.4 is 5.73 Å². The van der Waals surface area contributed by atoms with Crippen molar-refractivity contribution >= 4 is 11.6 Å². The highest BCUT2D eigenvalue weighted by Crippen LogP contribution is 2.30. The lowest BCUT2D eigenvalue weighted by atomic mass is 9.95. The minimum atomic E-state index is 0.314. The Morgan fingerprint density at radius 1 is 1.44 bits per heavy atom. The molecule has 2 unspecified atom stereocenters. The maximum atomic E-state index is 6.10. The third kappa shape index (κ3) is 3.05. The van der Waals surface area contributed by atoms with Crippen LogP contribution in [0.15, 0.2) is 24.3 Å². The summed E-state index contributed by atoms with van der Waals surface area (Å²) in [5.41, 5.74) is 7.27. The SMILES string of the molecule is CCC1CCCCN1C(CN)c1cccc(Cl)c1. The molecule has 2 atom stereocenters. The summed E-state index contributed by atoms with van der Waals surface area (Å²) in [5.74, 6) is 0. The molecule has 1 fully saturated rings. The van der Waals surface area contributed by atoms with Crippen molar-refractivity contribution < 1.29 is 0 Å². The van der Waals surface area contributed by atoms with Crippen molar-refractivity contribution in [3.8, 4) is 0 Å². The zero-order chi connectivity index (χ0) is 13.0. The maximum absolute atomic E-state index is 6.10. The molecule has 0 amide bonds. The van der Waals surface area contributed by atoms with E-state index in [2.05, 4.69) is 24.0 Å². The van der Waals surface area contributed by atoms with Crippen LogP contribution in [0.25, 0.3) is 0 Å². The Morgan fingerprint density at radius 2 is 2.28 bits per heavy atom. The van der Waals surface area contributed by atoms with Gasteiger partial charge in [-0.25, -0.2) is 0 Å². The third-order valence-electron chi connectivity index (χ3n) is 4.00. The van der Waals surface area contributed by atoms with E-state index in [0.717, 1.165) is 11.6 Å². The lowest BCUT2D eigenvalue weighted by Gasteiger charge is -2.41. The highest BCUT2D eigenvalue weighted by Gasteiger charge is 2.27. The van der Waals surface area contributed by atoms with Gasteiger partial charge >= 0.3 is 0 Å². The molecule has 2 rings (SSSR count). The lowest BCUT2D eigenvalue weighted by Crippen LogP contribution is -2.44. The molecule has 0 spiro atoms. The molecule has 1 aromatic carbocycles. The zero-order valence-electron chi connectivity index (χ0n) is 11.1. The number of likely N-dealkylation sites (tertiary alicyclic amines) is 1. The smallest absolute Gasteiger partial charge is 0.0473 e. The average molecular weight is 267 g/mol. The van der Waals surface area contributed by atoms with Gasteiger partial charge < -0.3 is 5.73 Å². The third-order valence-corrected chi connectivity index (χ3v) is 4.24. The van der Waals surface area contributed by atoms with Crippen LogP contribution in [0.2, 0.25) is 5.02 Å². The largest absolute Gasteiger partial charge is 0.329 e. The minimum Gasteiger partial charge on any atom is -0.329 e. The first-order valence-corrected chi connectivity index (χ1v) is 7.35. The quantitative estimate of drug-likeness (QED) is 0.902. The Kier molecular flexibility index (Phi) is 5.04. The van der Waals surface area contributed by atoms with Crippen LogP contribution in [0.3, 0.4) is 0 Å². The number of nitrogens with zero attached hydrogens (tertiary/aromatic N) is 1. The van der Waals surface area contributed by atoms with Crippen LogP contribution in [0.1, 0.15) is 44.2 Å². The van der Waals surface area contributed by atoms with E-state index in [1.54, 1.807) is 0 Å². The van der Waals surface area contributed by atoms with E-state index in [1.807, 2.05) is 12.1 Å². The molecule has 0 aliphatic carbocycles. The van der Waals surface area contributed by atoms with E-state index in [-0.39, 0.29) is 0 Å². The predicted molar refractivity (Wildman–Crippen MR) is 77.9 cm³/mol. The highest BCUT2D eigenvalue weighted by atomic mass is 35.5. The van der Waals surface area contributed by atoms with Gasteiger partial charge in [0.1, 0.15) is 0 Å². The molecule has 100 valence electrons. The number of piperidine rings is 1. The Balaban J connectivity index is 2.21. The van der Waals surface area contributed by atoms with Gasteiger partial charge in [-0.3, -0.25) is 4.90 Å². The number of nitrogens with two attached hydrogens (primary N) is 1. The van der Waals surface area contributed by atoms with Crippen LogP contribution in [0.4, 0.5) is 0 Å². The topological polar surface area (TPSA) is 29.3 Å². The molecular formula is C15H23ClN2. The Bertz CT molecular complexity index is 381. The van der Waals surface area contributed by atoms with Crippen LogP contribution in [-0.2, 0) is 0 Å². The van der Waals surface area contributed by atoms with Crippen molar-refractivity contribution in [1.29, 1.82) is 0 Å². The molecule has 1 saturated heterocycles. The lowest BCUT2D eigenvalue weighted by molar-refractivity contribution is 0.0949. The van der Waals surface area contributed by atoms with E-state index < -0.39 is 0 Å². The molecule has 1 aliphatic heterocycles. The number of benzene rings is 1. The fraction of sp³-hybridized carbons (Fsp3) is 0.600. The molecule has 0 bridgehead atoms. The van der Waals surface area contributed by atoms with Crippen LogP contribution >= 0.6 is 11.6 Å². The first-order chi connectivity index (χ1) is 8.76. The molecule has 18 heavy (non-hydrogen) atoms. The predicted octanol–water partition coefficient (Wildman–Crippen LogP) is 3.60. The molecule has 2 N–H and O–H groups in total. The number of rotatable bonds is 4. The van der Waals surface area contributed by atoms with Gasteiger partial charge in [0, 0.05) is 23.7 Å². The molecule has 0 saturated carbocycles. The summed E-state index contributed by atoms with van der Waals surface area (Å²) in [6.45, 7) is 4.10. The zero-order valence-corrected chi connectivity index (χ0v) is 11.9. The van der Waals surface area contributed by atoms with Gasteiger partial charge in [-0.15, -0.1) is 0 Å². The highest BCUT2D eigenvalue weighted by molar-refractivity contribution is 6.30. The molecular weight excluding hydrogens is 244 g/mol. The Hall–Kier alpha value is -0.570. The summed E-state index contributed by atoms with van der Waals surface area (Å²) < 4.78 is 0. The van der Waals surface area contributed by atoms with Crippen molar-refractivity contribution in [2.24, 2.45) is 5.73 Å². The minimum absolute atomic E-state index is 0.314. The molecule has 2 nitrogen and oxygen atoms in total. The standard InChI is InChI=1S/C15H23ClN2/c1-2-14-8-3-4-9-18(14)15(11-17)12-6-5-7-13(16)10-12/h5-7,10,14-15H,2-4,8-9,11,17H2,1H3. The first-order valence-electron chi connectivity index (χ1n) is 6.97. The summed E-state index contributed by atoms with van der Waals surface area (Å²) >= 11 is 6.10. The van der Waals surface area contributed by atoms with Crippen molar-refractivity contribution in [2.45, 2.75) is 44.7 Å². The van der Waals surface area contributed by atoms with Gasteiger partial charge in [0.25, 0.3) is 0 Å². The first kappa shape index (κ1) is 13.9. The maximum Gasteiger partial charge on any atom is 0.0473 e. The number of halogens is 1. The molecule has 1 aromatic rings. The van der Waals surface area contributed by atoms with Gasteiger partial charge in [-0.05, 0) is 43.5 Å². The van der Waals surface area contributed by atoms with Crippen molar-refractivity contribution in [3.05, 3.63) is 34.9 Å². The molecule has 0 radical (unpaired) electrons. The van der Waals surface area contributed by atoms with E-state index >= 15 is 0 Å². The van der Waals surface area contributed by atoms with Gasteiger partial charge in [0.15, 0.2) is 0 Å². The van der Waals surface area contributed by atoms with Crippen molar-refractivity contribution in [3.63, 3.8) is 0 Å². The molecule has 1 aliphatic rings. The monoisotopic (exact) mass is 266 g/mol. The van der Waals surface area contributed by atoms with E-state index in [9.17, 15) is 0 Å². The average Bonchev–Trinajstić information content (AvgIpc) is 2.40. The second kappa shape index (κ2) is 6.55. The van der Waals surface area contributed by atoms with E-state index in [1.165, 1.54) is 31.2 Å². The van der Waals surface area contributed by atoms with Crippen LogP contribution in [0, 0.1) is 0 Å². The summed E-state index contributed by atoms with van der Waals surface area (Å²) in [7, 11) is 0. The van der Waals surface area contributed by atoms with E-state index in [4.69, 9.17) is 17.3 Å². The Labute approximate surface area is 115 Å². The van der Waals surface area contributed by atoms with Crippen molar-refractivity contribution in [1.82, 2.24) is 4.90 Å². The van der Waals surface area contributed by atoms with Gasteiger partial charge in [-0.1, -0.05) is 37.1 Å². The molecule has 1 heterocycles. The number of hydrogen-bond donors (Lipinski definition) is 1. The second-order valence-electron chi connectivity index (χ2n) is 5.10. The molecule has 3 heteroatoms. The number of hydrogen-bond acceptors (Lipinski definition) is 2. The van der Waals surface area contributed by atoms with Gasteiger partial charge in [0.2, 0.25) is 0 Å². The van der Waals surface area contributed by atoms with E-state index in [0.29, 0.717) is 18.6 Å². The molecule has 0 aromatic heterocycles. The Morgan fingerprint density at radius 3 is 2.94 bits per heavy atom. The summed E-state index contributed by atoms with van der Waals surface area (Å²) in [5, 5.41) is 0.802. The second-order valence-corrected chi connectivity index (χ2v) is 5.54. The summed E-state index contributed by atoms with van der Waals surface area (Å²) in [6.07, 6.45) is 5.14. The van der Waals surface area contributed by atoms with Gasteiger partial charge in [-0.2, -0.15) is 0 Å². The summed E-state index contributed by atoms with van der Waals surface area (Å²) in [6, 6.07) is 9.13. The fourth-order valence-corrected chi connectivity index (χ4v) is 3.25.